The number of carbonyl (C=O) groups is 1. The molecule has 0 saturated heterocycles. The zero-order valence-electron chi connectivity index (χ0n) is 16.7. The fraction of sp³-hybridized carbons (Fsp3) is 0.125. The molecule has 0 spiro atoms. The van der Waals surface area contributed by atoms with E-state index in [0.29, 0.717) is 18.7 Å². The number of aryl methyl sites for hydroxylation is 1. The van der Waals surface area contributed by atoms with Crippen LogP contribution in [0.15, 0.2) is 84.4 Å². The Kier molecular flexibility index (Phi) is 5.85. The van der Waals surface area contributed by atoms with Crippen LogP contribution in [0.4, 0.5) is 0 Å². The molecule has 1 N–H and O–H groups in total. The lowest BCUT2D eigenvalue weighted by Gasteiger charge is -2.08. The van der Waals surface area contributed by atoms with Crippen molar-refractivity contribution in [3.63, 3.8) is 0 Å². The molecule has 0 aliphatic heterocycles. The van der Waals surface area contributed by atoms with Crippen LogP contribution in [0.25, 0.3) is 10.9 Å². The number of hydrogen-bond acceptors (Lipinski definition) is 4. The lowest BCUT2D eigenvalue weighted by Crippen LogP contribution is -2.17. The molecule has 0 aliphatic rings. The molecule has 0 radical (unpaired) electrons. The topological polar surface area (TPSA) is 68.5 Å². The summed E-state index contributed by atoms with van der Waals surface area (Å²) in [5.41, 5.74) is 6.26. The van der Waals surface area contributed by atoms with E-state index in [1.807, 2.05) is 55.6 Å². The molecular formula is C24H22N4O2. The average molecular weight is 398 g/mol. The standard InChI is InChI=1S/C24H22N4O2/c1-18-5-4-6-21(15-18)30-14-13-28-17-20(22-7-2-3-8-23(22)28)16-26-27-24(29)19-9-11-25-12-10-19/h2-12,15-17H,13-14H2,1H3,(H,27,29)/b26-16+. The number of pyridine rings is 1. The number of hydrazone groups is 1. The highest BCUT2D eigenvalue weighted by atomic mass is 16.5. The second-order valence-electron chi connectivity index (χ2n) is 6.89. The van der Waals surface area contributed by atoms with Gasteiger partial charge >= 0.3 is 0 Å². The summed E-state index contributed by atoms with van der Waals surface area (Å²) in [5.74, 6) is 0.594. The number of ether oxygens (including phenoxy) is 1. The van der Waals surface area contributed by atoms with E-state index in [1.54, 1.807) is 30.7 Å². The van der Waals surface area contributed by atoms with Gasteiger partial charge in [0.05, 0.1) is 12.8 Å². The highest BCUT2D eigenvalue weighted by molar-refractivity contribution is 6.00. The quantitative estimate of drug-likeness (QED) is 0.375. The highest BCUT2D eigenvalue weighted by Crippen LogP contribution is 2.20. The van der Waals surface area contributed by atoms with E-state index >= 15 is 0 Å². The highest BCUT2D eigenvalue weighted by Gasteiger charge is 2.07. The molecule has 0 unspecified atom stereocenters. The van der Waals surface area contributed by atoms with E-state index in [-0.39, 0.29) is 5.91 Å². The molecule has 4 rings (SSSR count). The first-order valence-corrected chi connectivity index (χ1v) is 9.71. The molecule has 2 heterocycles. The molecule has 150 valence electrons. The van der Waals surface area contributed by atoms with Crippen LogP contribution < -0.4 is 10.2 Å². The van der Waals surface area contributed by atoms with Gasteiger partial charge in [-0.1, -0.05) is 30.3 Å². The molecule has 0 saturated carbocycles. The zero-order valence-corrected chi connectivity index (χ0v) is 16.7. The smallest absolute Gasteiger partial charge is 0.271 e. The van der Waals surface area contributed by atoms with Crippen molar-refractivity contribution in [2.45, 2.75) is 13.5 Å². The Hall–Kier alpha value is -3.93. The van der Waals surface area contributed by atoms with E-state index < -0.39 is 0 Å². The van der Waals surface area contributed by atoms with Crippen LogP contribution in [-0.4, -0.2) is 28.3 Å². The van der Waals surface area contributed by atoms with E-state index in [4.69, 9.17) is 4.74 Å². The summed E-state index contributed by atoms with van der Waals surface area (Å²) in [5, 5.41) is 5.19. The summed E-state index contributed by atoms with van der Waals surface area (Å²) >= 11 is 0. The van der Waals surface area contributed by atoms with E-state index in [9.17, 15) is 4.79 Å². The monoisotopic (exact) mass is 398 g/mol. The maximum Gasteiger partial charge on any atom is 0.271 e. The molecule has 0 bridgehead atoms. The summed E-state index contributed by atoms with van der Waals surface area (Å²) in [7, 11) is 0. The minimum atomic E-state index is -0.274. The third kappa shape index (κ3) is 4.55. The molecule has 6 nitrogen and oxygen atoms in total. The predicted octanol–water partition coefficient (Wildman–Crippen LogP) is 4.19. The number of nitrogens with zero attached hydrogens (tertiary/aromatic N) is 3. The van der Waals surface area contributed by atoms with Crippen LogP contribution in [0.1, 0.15) is 21.5 Å². The summed E-state index contributed by atoms with van der Waals surface area (Å²) in [6.45, 7) is 3.30. The fourth-order valence-electron chi connectivity index (χ4n) is 3.26. The van der Waals surface area contributed by atoms with Crippen molar-refractivity contribution in [3.05, 3.63) is 95.9 Å². The van der Waals surface area contributed by atoms with Crippen LogP contribution >= 0.6 is 0 Å². The maximum atomic E-state index is 12.1. The van der Waals surface area contributed by atoms with Gasteiger partial charge in [0.25, 0.3) is 5.91 Å². The van der Waals surface area contributed by atoms with Gasteiger partial charge in [0.2, 0.25) is 0 Å². The summed E-state index contributed by atoms with van der Waals surface area (Å²) in [4.78, 5) is 16.0. The molecule has 4 aromatic rings. The van der Waals surface area contributed by atoms with Crippen molar-refractivity contribution in [2.24, 2.45) is 5.10 Å². The van der Waals surface area contributed by atoms with Crippen LogP contribution in [0, 0.1) is 6.92 Å². The van der Waals surface area contributed by atoms with E-state index in [1.165, 1.54) is 5.56 Å². The van der Waals surface area contributed by atoms with Crippen molar-refractivity contribution >= 4 is 23.0 Å². The van der Waals surface area contributed by atoms with Crippen molar-refractivity contribution in [1.82, 2.24) is 15.0 Å². The Morgan fingerprint density at radius 3 is 2.80 bits per heavy atom. The van der Waals surface area contributed by atoms with Crippen molar-refractivity contribution in [3.8, 4) is 5.75 Å². The van der Waals surface area contributed by atoms with Gasteiger partial charge in [-0.2, -0.15) is 5.10 Å². The molecule has 2 aromatic heterocycles. The number of hydrogen-bond donors (Lipinski definition) is 1. The minimum Gasteiger partial charge on any atom is -0.492 e. The summed E-state index contributed by atoms with van der Waals surface area (Å²) < 4.78 is 8.03. The number of fused-ring (bicyclic) bond motifs is 1. The molecule has 30 heavy (non-hydrogen) atoms. The molecule has 1 amide bonds. The van der Waals surface area contributed by atoms with Crippen molar-refractivity contribution < 1.29 is 9.53 Å². The largest absolute Gasteiger partial charge is 0.492 e. The Bertz CT molecular complexity index is 1180. The molecule has 2 aromatic carbocycles. The second-order valence-corrected chi connectivity index (χ2v) is 6.89. The first-order valence-electron chi connectivity index (χ1n) is 9.71. The van der Waals surface area contributed by atoms with Crippen molar-refractivity contribution in [2.75, 3.05) is 6.61 Å². The van der Waals surface area contributed by atoms with E-state index in [2.05, 4.69) is 26.1 Å². The fourth-order valence-corrected chi connectivity index (χ4v) is 3.26. The van der Waals surface area contributed by atoms with Crippen molar-refractivity contribution in [1.29, 1.82) is 0 Å². The van der Waals surface area contributed by atoms with Gasteiger partial charge in [0.15, 0.2) is 0 Å². The molecule has 6 heteroatoms. The minimum absolute atomic E-state index is 0.274. The summed E-state index contributed by atoms with van der Waals surface area (Å²) in [6, 6.07) is 19.4. The number of amides is 1. The van der Waals surface area contributed by atoms with Crippen LogP contribution in [0.3, 0.4) is 0 Å². The lowest BCUT2D eigenvalue weighted by molar-refractivity contribution is 0.0955. The number of para-hydroxylation sites is 1. The molecule has 0 atom stereocenters. The number of rotatable bonds is 7. The van der Waals surface area contributed by atoms with Gasteiger partial charge in [-0.25, -0.2) is 5.43 Å². The van der Waals surface area contributed by atoms with Crippen LogP contribution in [-0.2, 0) is 6.54 Å². The van der Waals surface area contributed by atoms with Gasteiger partial charge in [-0.05, 0) is 42.8 Å². The van der Waals surface area contributed by atoms with Gasteiger partial charge in [0, 0.05) is 40.6 Å². The first-order chi connectivity index (χ1) is 14.7. The number of benzene rings is 2. The lowest BCUT2D eigenvalue weighted by atomic mass is 10.2. The van der Waals surface area contributed by atoms with Gasteiger partial charge in [0.1, 0.15) is 12.4 Å². The Balaban J connectivity index is 1.46. The maximum absolute atomic E-state index is 12.1. The Labute approximate surface area is 174 Å². The third-order valence-electron chi connectivity index (χ3n) is 4.72. The zero-order chi connectivity index (χ0) is 20.8. The molecule has 0 fully saturated rings. The van der Waals surface area contributed by atoms with Gasteiger partial charge in [-0.15, -0.1) is 0 Å². The summed E-state index contributed by atoms with van der Waals surface area (Å²) in [6.07, 6.45) is 6.84. The SMILES string of the molecule is Cc1cccc(OCCn2cc(/C=N/NC(=O)c3ccncc3)c3ccccc32)c1. The number of nitrogens with one attached hydrogen (secondary N) is 1. The molecule has 0 aliphatic carbocycles. The third-order valence-corrected chi connectivity index (χ3v) is 4.72. The normalized spacial score (nSPS) is 11.1. The average Bonchev–Trinajstić information content (AvgIpc) is 3.12. The van der Waals surface area contributed by atoms with E-state index in [0.717, 1.165) is 22.2 Å². The Morgan fingerprint density at radius 1 is 1.13 bits per heavy atom. The number of carbonyl (C=O) groups excluding carboxylic acids is 1. The van der Waals surface area contributed by atoms with Crippen LogP contribution in [0.2, 0.25) is 0 Å². The predicted molar refractivity (Wildman–Crippen MR) is 118 cm³/mol. The Morgan fingerprint density at radius 2 is 1.97 bits per heavy atom. The first kappa shape index (κ1) is 19.4. The van der Waals surface area contributed by atoms with Crippen LogP contribution in [0.5, 0.6) is 5.75 Å². The van der Waals surface area contributed by atoms with Gasteiger partial charge < -0.3 is 9.30 Å². The molecular weight excluding hydrogens is 376 g/mol. The number of aromatic nitrogens is 2. The second kappa shape index (κ2) is 9.05. The van der Waals surface area contributed by atoms with Gasteiger partial charge in [-0.3, -0.25) is 9.78 Å².